The van der Waals surface area contributed by atoms with E-state index < -0.39 is 4.92 Å². The van der Waals surface area contributed by atoms with Crippen LogP contribution in [0.1, 0.15) is 26.2 Å². The zero-order valence-electron chi connectivity index (χ0n) is 11.5. The minimum absolute atomic E-state index is 0.0316. The first-order valence-corrected chi connectivity index (χ1v) is 7.27. The van der Waals surface area contributed by atoms with Crippen LogP contribution in [0, 0.1) is 10.1 Å². The van der Waals surface area contributed by atoms with Gasteiger partial charge in [0.2, 0.25) is 0 Å². The Hall–Kier alpha value is -1.40. The summed E-state index contributed by atoms with van der Waals surface area (Å²) in [5.74, 6) is 0.484. The molecule has 0 atom stereocenters. The second-order valence-electron chi connectivity index (χ2n) is 5.05. The van der Waals surface area contributed by atoms with Crippen LogP contribution in [0.2, 0.25) is 5.15 Å². The monoisotopic (exact) mass is 298 g/mol. The lowest BCUT2D eigenvalue weighted by atomic mass is 10.0. The molecule has 0 aromatic carbocycles. The third-order valence-corrected chi connectivity index (χ3v) is 3.66. The third kappa shape index (κ3) is 4.05. The number of hydrogen-bond donors (Lipinski definition) is 1. The predicted octanol–water partition coefficient (Wildman–Crippen LogP) is 2.93. The summed E-state index contributed by atoms with van der Waals surface area (Å²) in [5.41, 5.74) is -0.0316. The van der Waals surface area contributed by atoms with E-state index in [0.717, 1.165) is 32.5 Å². The Labute approximate surface area is 123 Å². The molecule has 2 heterocycles. The lowest BCUT2D eigenvalue weighted by Gasteiger charge is -2.32. The van der Waals surface area contributed by atoms with E-state index in [0.29, 0.717) is 11.9 Å². The molecule has 6 nitrogen and oxygen atoms in total. The van der Waals surface area contributed by atoms with Crippen molar-refractivity contribution in [2.75, 3.05) is 25.0 Å². The SMILES string of the molecule is CCCN1CCC(Nc2cc([N+](=O)[O-])cc(Cl)n2)CC1. The zero-order chi connectivity index (χ0) is 14.5. The molecule has 1 saturated heterocycles. The summed E-state index contributed by atoms with van der Waals surface area (Å²) >= 11 is 5.81. The van der Waals surface area contributed by atoms with Gasteiger partial charge in [-0.1, -0.05) is 18.5 Å². The van der Waals surface area contributed by atoms with E-state index >= 15 is 0 Å². The van der Waals surface area contributed by atoms with Gasteiger partial charge in [0.05, 0.1) is 17.1 Å². The van der Waals surface area contributed by atoms with E-state index in [2.05, 4.69) is 22.1 Å². The number of anilines is 1. The maximum atomic E-state index is 10.8. The molecule has 0 bridgehead atoms. The molecule has 1 aliphatic rings. The summed E-state index contributed by atoms with van der Waals surface area (Å²) in [7, 11) is 0. The van der Waals surface area contributed by atoms with Crippen LogP contribution in [0.15, 0.2) is 12.1 Å². The van der Waals surface area contributed by atoms with Gasteiger partial charge in [-0.05, 0) is 25.8 Å². The van der Waals surface area contributed by atoms with Crippen LogP contribution < -0.4 is 5.32 Å². The average molecular weight is 299 g/mol. The highest BCUT2D eigenvalue weighted by Crippen LogP contribution is 2.22. The van der Waals surface area contributed by atoms with Crippen molar-refractivity contribution in [3.63, 3.8) is 0 Å². The summed E-state index contributed by atoms with van der Waals surface area (Å²) in [5, 5.41) is 14.2. The maximum absolute atomic E-state index is 10.8. The van der Waals surface area contributed by atoms with Crippen LogP contribution in [0.3, 0.4) is 0 Å². The van der Waals surface area contributed by atoms with E-state index in [4.69, 9.17) is 11.6 Å². The molecule has 1 N–H and O–H groups in total. The fourth-order valence-electron chi connectivity index (χ4n) is 2.49. The fraction of sp³-hybridized carbons (Fsp3) is 0.615. The summed E-state index contributed by atoms with van der Waals surface area (Å²) in [6.07, 6.45) is 3.20. The topological polar surface area (TPSA) is 71.3 Å². The Bertz CT molecular complexity index is 475. The molecule has 1 aromatic rings. The molecule has 0 spiro atoms. The number of nitrogens with one attached hydrogen (secondary N) is 1. The molecule has 0 radical (unpaired) electrons. The number of halogens is 1. The molecule has 0 saturated carbocycles. The largest absolute Gasteiger partial charge is 0.367 e. The third-order valence-electron chi connectivity index (χ3n) is 3.47. The Balaban J connectivity index is 1.96. The average Bonchev–Trinajstić information content (AvgIpc) is 2.40. The summed E-state index contributed by atoms with van der Waals surface area (Å²) in [4.78, 5) is 16.9. The lowest BCUT2D eigenvalue weighted by molar-refractivity contribution is -0.384. The van der Waals surface area contributed by atoms with E-state index in [1.54, 1.807) is 0 Å². The molecule has 1 aromatic heterocycles. The van der Waals surface area contributed by atoms with Crippen molar-refractivity contribution in [2.24, 2.45) is 0 Å². The van der Waals surface area contributed by atoms with Crippen molar-refractivity contribution in [3.8, 4) is 0 Å². The summed E-state index contributed by atoms with van der Waals surface area (Å²) in [6.45, 7) is 5.41. The van der Waals surface area contributed by atoms with E-state index in [1.807, 2.05) is 0 Å². The number of likely N-dealkylation sites (tertiary alicyclic amines) is 1. The van der Waals surface area contributed by atoms with Crippen LogP contribution in [0.4, 0.5) is 11.5 Å². The van der Waals surface area contributed by atoms with Crippen molar-refractivity contribution >= 4 is 23.1 Å². The van der Waals surface area contributed by atoms with Gasteiger partial charge in [-0.15, -0.1) is 0 Å². The Morgan fingerprint density at radius 3 is 2.80 bits per heavy atom. The first-order chi connectivity index (χ1) is 9.58. The van der Waals surface area contributed by atoms with Crippen LogP contribution in [-0.2, 0) is 0 Å². The molecule has 0 unspecified atom stereocenters. The van der Waals surface area contributed by atoms with Gasteiger partial charge in [0.1, 0.15) is 11.0 Å². The quantitative estimate of drug-likeness (QED) is 0.514. The van der Waals surface area contributed by atoms with Gasteiger partial charge in [-0.25, -0.2) is 4.98 Å². The number of aromatic nitrogens is 1. The van der Waals surface area contributed by atoms with Crippen LogP contribution in [0.25, 0.3) is 0 Å². The highest BCUT2D eigenvalue weighted by molar-refractivity contribution is 6.29. The van der Waals surface area contributed by atoms with Gasteiger partial charge in [0.25, 0.3) is 5.69 Å². The highest BCUT2D eigenvalue weighted by atomic mass is 35.5. The van der Waals surface area contributed by atoms with Crippen molar-refractivity contribution < 1.29 is 4.92 Å². The Kier molecular flexibility index (Phi) is 5.14. The lowest BCUT2D eigenvalue weighted by Crippen LogP contribution is -2.39. The molecule has 20 heavy (non-hydrogen) atoms. The number of piperidine rings is 1. The second-order valence-corrected chi connectivity index (χ2v) is 5.44. The van der Waals surface area contributed by atoms with E-state index in [-0.39, 0.29) is 10.8 Å². The molecule has 1 aliphatic heterocycles. The standard InChI is InChI=1S/C13H19ClN4O2/c1-2-5-17-6-3-10(4-7-17)15-13-9-11(18(19)20)8-12(14)16-13/h8-10H,2-7H2,1H3,(H,15,16). The number of hydrogen-bond acceptors (Lipinski definition) is 5. The van der Waals surface area contributed by atoms with Crippen LogP contribution in [0.5, 0.6) is 0 Å². The normalized spacial score (nSPS) is 17.1. The summed E-state index contributed by atoms with van der Waals surface area (Å²) < 4.78 is 0. The smallest absolute Gasteiger partial charge is 0.276 e. The molecule has 1 fully saturated rings. The van der Waals surface area contributed by atoms with Gasteiger partial charge < -0.3 is 10.2 Å². The zero-order valence-corrected chi connectivity index (χ0v) is 12.3. The Morgan fingerprint density at radius 1 is 1.50 bits per heavy atom. The Morgan fingerprint density at radius 2 is 2.20 bits per heavy atom. The number of pyridine rings is 1. The molecule has 110 valence electrons. The van der Waals surface area contributed by atoms with Gasteiger partial charge >= 0.3 is 0 Å². The molecular formula is C13H19ClN4O2. The van der Waals surface area contributed by atoms with Gasteiger partial charge in [-0.2, -0.15) is 0 Å². The first kappa shape index (κ1) is 15.0. The van der Waals surface area contributed by atoms with Crippen molar-refractivity contribution in [2.45, 2.75) is 32.2 Å². The van der Waals surface area contributed by atoms with Gasteiger partial charge in [0, 0.05) is 19.1 Å². The fourth-order valence-corrected chi connectivity index (χ4v) is 2.69. The molecule has 0 aliphatic carbocycles. The number of nitrogens with zero attached hydrogens (tertiary/aromatic N) is 3. The highest BCUT2D eigenvalue weighted by Gasteiger charge is 2.19. The second kappa shape index (κ2) is 6.85. The van der Waals surface area contributed by atoms with Crippen molar-refractivity contribution in [1.82, 2.24) is 9.88 Å². The minimum atomic E-state index is -0.456. The minimum Gasteiger partial charge on any atom is -0.367 e. The van der Waals surface area contributed by atoms with Crippen LogP contribution in [-0.4, -0.2) is 40.5 Å². The van der Waals surface area contributed by atoms with Crippen molar-refractivity contribution in [1.29, 1.82) is 0 Å². The maximum Gasteiger partial charge on any atom is 0.276 e. The number of rotatable bonds is 5. The molecule has 0 amide bonds. The first-order valence-electron chi connectivity index (χ1n) is 6.89. The van der Waals surface area contributed by atoms with Crippen molar-refractivity contribution in [3.05, 3.63) is 27.4 Å². The van der Waals surface area contributed by atoms with Crippen LogP contribution >= 0.6 is 11.6 Å². The van der Waals surface area contributed by atoms with Gasteiger partial charge in [-0.3, -0.25) is 10.1 Å². The van der Waals surface area contributed by atoms with Gasteiger partial charge in [0.15, 0.2) is 0 Å². The predicted molar refractivity (Wildman–Crippen MR) is 79.3 cm³/mol. The summed E-state index contributed by atoms with van der Waals surface area (Å²) in [6, 6.07) is 3.00. The molecule has 7 heteroatoms. The number of nitro groups is 1. The molecular weight excluding hydrogens is 280 g/mol. The molecule has 2 rings (SSSR count). The van der Waals surface area contributed by atoms with E-state index in [1.165, 1.54) is 18.6 Å². The van der Waals surface area contributed by atoms with E-state index in [9.17, 15) is 10.1 Å².